The van der Waals surface area contributed by atoms with Gasteiger partial charge in [-0.15, -0.1) is 0 Å². The molecule has 0 spiro atoms. The molecule has 0 unspecified atom stereocenters. The Morgan fingerprint density at radius 3 is 2.36 bits per heavy atom. The maximum atomic E-state index is 13.5. The summed E-state index contributed by atoms with van der Waals surface area (Å²) < 4.78 is 44.7. The van der Waals surface area contributed by atoms with Crippen LogP contribution < -0.4 is 10.1 Å². The van der Waals surface area contributed by atoms with Gasteiger partial charge < -0.3 is 10.1 Å². The summed E-state index contributed by atoms with van der Waals surface area (Å²) >= 11 is 0. The van der Waals surface area contributed by atoms with Gasteiger partial charge in [-0.05, 0) is 36.8 Å². The highest BCUT2D eigenvalue weighted by molar-refractivity contribution is 5.94. The van der Waals surface area contributed by atoms with Crippen LogP contribution >= 0.6 is 0 Å². The zero-order chi connectivity index (χ0) is 16.1. The fourth-order valence-electron chi connectivity index (χ4n) is 1.85. The van der Waals surface area contributed by atoms with Crippen molar-refractivity contribution < 1.29 is 22.7 Å². The number of ether oxygens (including phenoxy) is 1. The van der Waals surface area contributed by atoms with Gasteiger partial charge in [-0.3, -0.25) is 4.79 Å². The minimum absolute atomic E-state index is 0.129. The third kappa shape index (κ3) is 3.58. The second-order valence-corrected chi connectivity index (χ2v) is 4.48. The van der Waals surface area contributed by atoms with Gasteiger partial charge in [0.05, 0.1) is 12.2 Å². The molecular formula is C16H14F3NO2. The molecule has 6 heteroatoms. The fraction of sp³-hybridized carbons (Fsp3) is 0.188. The molecule has 0 aromatic heterocycles. The van der Waals surface area contributed by atoms with Crippen molar-refractivity contribution in [3.63, 3.8) is 0 Å². The van der Waals surface area contributed by atoms with Crippen molar-refractivity contribution >= 4 is 5.91 Å². The third-order valence-corrected chi connectivity index (χ3v) is 2.97. The van der Waals surface area contributed by atoms with Crippen molar-refractivity contribution in [2.24, 2.45) is 0 Å². The van der Waals surface area contributed by atoms with Crippen LogP contribution in [0.15, 0.2) is 36.4 Å². The average Bonchev–Trinajstić information content (AvgIpc) is 2.52. The second kappa shape index (κ2) is 6.98. The van der Waals surface area contributed by atoms with E-state index in [1.54, 1.807) is 24.3 Å². The van der Waals surface area contributed by atoms with Gasteiger partial charge >= 0.3 is 0 Å². The van der Waals surface area contributed by atoms with E-state index < -0.39 is 28.9 Å². The molecule has 0 aliphatic carbocycles. The first-order valence-corrected chi connectivity index (χ1v) is 6.66. The summed E-state index contributed by atoms with van der Waals surface area (Å²) in [4.78, 5) is 11.8. The molecule has 0 atom stereocenters. The van der Waals surface area contributed by atoms with Crippen molar-refractivity contribution in [3.05, 3.63) is 65.0 Å². The van der Waals surface area contributed by atoms with Crippen LogP contribution in [0.3, 0.4) is 0 Å². The Labute approximate surface area is 125 Å². The topological polar surface area (TPSA) is 38.3 Å². The number of carbonyl (C=O) groups excluding carboxylic acids is 1. The highest BCUT2D eigenvalue weighted by atomic mass is 19.2. The monoisotopic (exact) mass is 309 g/mol. The highest BCUT2D eigenvalue weighted by Gasteiger charge is 2.18. The Balaban J connectivity index is 2.02. The largest absolute Gasteiger partial charge is 0.494 e. The molecule has 2 rings (SSSR count). The summed E-state index contributed by atoms with van der Waals surface area (Å²) in [5.74, 6) is -4.60. The summed E-state index contributed by atoms with van der Waals surface area (Å²) in [6, 6.07) is 8.58. The summed E-state index contributed by atoms with van der Waals surface area (Å²) in [7, 11) is 0. The van der Waals surface area contributed by atoms with Gasteiger partial charge in [0.2, 0.25) is 0 Å². The molecule has 0 heterocycles. The molecule has 0 aliphatic heterocycles. The van der Waals surface area contributed by atoms with E-state index in [-0.39, 0.29) is 6.54 Å². The number of hydrogen-bond donors (Lipinski definition) is 1. The quantitative estimate of drug-likeness (QED) is 0.859. The number of amides is 1. The van der Waals surface area contributed by atoms with Crippen molar-refractivity contribution in [2.45, 2.75) is 13.5 Å². The number of carbonyl (C=O) groups is 1. The van der Waals surface area contributed by atoms with Gasteiger partial charge in [0.1, 0.15) is 5.75 Å². The van der Waals surface area contributed by atoms with Crippen LogP contribution in [0.2, 0.25) is 0 Å². The van der Waals surface area contributed by atoms with Crippen LogP contribution in [-0.2, 0) is 6.54 Å². The molecule has 0 saturated carbocycles. The van der Waals surface area contributed by atoms with Crippen molar-refractivity contribution in [2.75, 3.05) is 6.61 Å². The molecule has 116 valence electrons. The van der Waals surface area contributed by atoms with E-state index in [9.17, 15) is 18.0 Å². The standard InChI is InChI=1S/C16H14F3NO2/c1-2-22-11-5-3-10(4-6-11)9-20-16(21)12-7-8-13(17)15(19)14(12)18/h3-8H,2,9H2,1H3,(H,20,21). The van der Waals surface area contributed by atoms with E-state index in [2.05, 4.69) is 5.32 Å². The summed E-state index contributed by atoms with van der Waals surface area (Å²) in [5.41, 5.74) is 0.227. The number of nitrogens with one attached hydrogen (secondary N) is 1. The number of halogens is 3. The minimum atomic E-state index is -1.66. The summed E-state index contributed by atoms with van der Waals surface area (Å²) in [6.45, 7) is 2.54. The van der Waals surface area contributed by atoms with E-state index in [1.165, 1.54) is 0 Å². The van der Waals surface area contributed by atoms with E-state index >= 15 is 0 Å². The number of benzene rings is 2. The van der Waals surface area contributed by atoms with Gasteiger partial charge in [0, 0.05) is 6.54 Å². The zero-order valence-electron chi connectivity index (χ0n) is 11.8. The highest BCUT2D eigenvalue weighted by Crippen LogP contribution is 2.16. The predicted octanol–water partition coefficient (Wildman–Crippen LogP) is 3.43. The molecule has 0 fully saturated rings. The van der Waals surface area contributed by atoms with Crippen LogP contribution in [0.4, 0.5) is 13.2 Å². The SMILES string of the molecule is CCOc1ccc(CNC(=O)c2ccc(F)c(F)c2F)cc1. The van der Waals surface area contributed by atoms with Crippen molar-refractivity contribution in [1.29, 1.82) is 0 Å². The molecular weight excluding hydrogens is 295 g/mol. The van der Waals surface area contributed by atoms with Gasteiger partial charge in [-0.1, -0.05) is 12.1 Å². The van der Waals surface area contributed by atoms with Gasteiger partial charge in [0.15, 0.2) is 17.5 Å². The summed E-state index contributed by atoms with van der Waals surface area (Å²) in [5, 5.41) is 2.45. The first-order valence-electron chi connectivity index (χ1n) is 6.66. The van der Waals surface area contributed by atoms with Gasteiger partial charge in [-0.25, -0.2) is 13.2 Å². The minimum Gasteiger partial charge on any atom is -0.494 e. The molecule has 0 aliphatic rings. The molecule has 1 amide bonds. The Morgan fingerprint density at radius 2 is 1.73 bits per heavy atom. The molecule has 1 N–H and O–H groups in total. The third-order valence-electron chi connectivity index (χ3n) is 2.97. The normalized spacial score (nSPS) is 10.4. The Kier molecular flexibility index (Phi) is 5.04. The molecule has 22 heavy (non-hydrogen) atoms. The lowest BCUT2D eigenvalue weighted by Gasteiger charge is -2.08. The van der Waals surface area contributed by atoms with E-state index in [0.29, 0.717) is 18.4 Å². The Bertz CT molecular complexity index is 672. The molecule has 0 saturated heterocycles. The molecule has 2 aromatic carbocycles. The number of rotatable bonds is 5. The fourth-order valence-corrected chi connectivity index (χ4v) is 1.85. The van der Waals surface area contributed by atoms with Crippen LogP contribution in [0, 0.1) is 17.5 Å². The maximum Gasteiger partial charge on any atom is 0.254 e. The van der Waals surface area contributed by atoms with Crippen LogP contribution in [-0.4, -0.2) is 12.5 Å². The van der Waals surface area contributed by atoms with Crippen LogP contribution in [0.25, 0.3) is 0 Å². The van der Waals surface area contributed by atoms with Crippen molar-refractivity contribution in [3.8, 4) is 5.75 Å². The Morgan fingerprint density at radius 1 is 1.05 bits per heavy atom. The zero-order valence-corrected chi connectivity index (χ0v) is 11.8. The van der Waals surface area contributed by atoms with E-state index in [4.69, 9.17) is 4.74 Å². The lowest BCUT2D eigenvalue weighted by atomic mass is 10.1. The number of hydrogen-bond acceptors (Lipinski definition) is 2. The first-order chi connectivity index (χ1) is 10.5. The molecule has 3 nitrogen and oxygen atoms in total. The maximum absolute atomic E-state index is 13.5. The van der Waals surface area contributed by atoms with Crippen LogP contribution in [0.1, 0.15) is 22.8 Å². The van der Waals surface area contributed by atoms with Gasteiger partial charge in [-0.2, -0.15) is 0 Å². The lowest BCUT2D eigenvalue weighted by molar-refractivity contribution is 0.0945. The van der Waals surface area contributed by atoms with Gasteiger partial charge in [0.25, 0.3) is 5.91 Å². The lowest BCUT2D eigenvalue weighted by Crippen LogP contribution is -2.24. The smallest absolute Gasteiger partial charge is 0.254 e. The van der Waals surface area contributed by atoms with E-state index in [1.807, 2.05) is 6.92 Å². The predicted molar refractivity (Wildman–Crippen MR) is 75.1 cm³/mol. The van der Waals surface area contributed by atoms with Crippen LogP contribution in [0.5, 0.6) is 5.75 Å². The van der Waals surface area contributed by atoms with Crippen molar-refractivity contribution in [1.82, 2.24) is 5.32 Å². The molecule has 2 aromatic rings. The van der Waals surface area contributed by atoms with E-state index in [0.717, 1.165) is 11.6 Å². The summed E-state index contributed by atoms with van der Waals surface area (Å²) in [6.07, 6.45) is 0. The average molecular weight is 309 g/mol. The molecule has 0 bridgehead atoms. The Hall–Kier alpha value is -2.50. The second-order valence-electron chi connectivity index (χ2n) is 4.48. The molecule has 0 radical (unpaired) electrons. The first kappa shape index (κ1) is 15.9.